The van der Waals surface area contributed by atoms with Crippen LogP contribution in [0.5, 0.6) is 0 Å². The van der Waals surface area contributed by atoms with Crippen molar-refractivity contribution in [1.29, 1.82) is 0 Å². The topological polar surface area (TPSA) is 57.8 Å². The second-order valence-electron chi connectivity index (χ2n) is 4.76. The van der Waals surface area contributed by atoms with Crippen LogP contribution in [0.25, 0.3) is 0 Å². The minimum atomic E-state index is -0.0200. The molecule has 0 bridgehead atoms. The van der Waals surface area contributed by atoms with Gasteiger partial charge in [0, 0.05) is 18.3 Å². The van der Waals surface area contributed by atoms with Crippen molar-refractivity contribution in [2.45, 2.75) is 39.5 Å². The van der Waals surface area contributed by atoms with Crippen LogP contribution in [0.3, 0.4) is 0 Å². The van der Waals surface area contributed by atoms with E-state index in [1.165, 1.54) is 0 Å². The quantitative estimate of drug-likeness (QED) is 0.710. The monoisotopic (exact) mass is 269 g/mol. The van der Waals surface area contributed by atoms with E-state index in [1.807, 2.05) is 0 Å². The highest BCUT2D eigenvalue weighted by atomic mass is 32.2. The minimum Gasteiger partial charge on any atom is -0.312 e. The third kappa shape index (κ3) is 5.69. The van der Waals surface area contributed by atoms with E-state index in [-0.39, 0.29) is 5.56 Å². The number of aromatic amines is 1. The predicted molar refractivity (Wildman–Crippen MR) is 77.9 cm³/mol. The highest BCUT2D eigenvalue weighted by molar-refractivity contribution is 7.98. The SMILES string of the molecule is CCCSCc1ncc(CNCC(C)C)c(=O)[nH]1. The molecular weight excluding hydrogens is 246 g/mol. The molecule has 102 valence electrons. The molecule has 0 saturated heterocycles. The number of thioether (sulfide) groups is 1. The van der Waals surface area contributed by atoms with Crippen LogP contribution in [0.2, 0.25) is 0 Å². The summed E-state index contributed by atoms with van der Waals surface area (Å²) in [5.74, 6) is 3.23. The highest BCUT2D eigenvalue weighted by Gasteiger charge is 2.03. The fourth-order valence-corrected chi connectivity index (χ4v) is 2.24. The number of hydrogen-bond acceptors (Lipinski definition) is 4. The lowest BCUT2D eigenvalue weighted by Crippen LogP contribution is -2.25. The Morgan fingerprint density at radius 1 is 1.50 bits per heavy atom. The van der Waals surface area contributed by atoms with Crippen molar-refractivity contribution in [1.82, 2.24) is 15.3 Å². The maximum atomic E-state index is 11.8. The maximum absolute atomic E-state index is 11.8. The molecule has 0 saturated carbocycles. The van der Waals surface area contributed by atoms with Gasteiger partial charge < -0.3 is 10.3 Å². The van der Waals surface area contributed by atoms with Crippen molar-refractivity contribution in [3.8, 4) is 0 Å². The standard InChI is InChI=1S/C13H23N3OS/c1-4-5-18-9-12-15-8-11(13(17)16-12)7-14-6-10(2)3/h8,10,14H,4-7,9H2,1-3H3,(H,15,16,17). The van der Waals surface area contributed by atoms with Crippen LogP contribution < -0.4 is 10.9 Å². The molecule has 5 heteroatoms. The summed E-state index contributed by atoms with van der Waals surface area (Å²) in [6.45, 7) is 7.93. The Balaban J connectivity index is 2.49. The van der Waals surface area contributed by atoms with Crippen molar-refractivity contribution < 1.29 is 0 Å². The van der Waals surface area contributed by atoms with Crippen molar-refractivity contribution in [3.63, 3.8) is 0 Å². The first-order valence-electron chi connectivity index (χ1n) is 6.49. The third-order valence-corrected chi connectivity index (χ3v) is 3.56. The van der Waals surface area contributed by atoms with Crippen molar-refractivity contribution in [2.24, 2.45) is 5.92 Å². The first-order valence-corrected chi connectivity index (χ1v) is 7.64. The summed E-state index contributed by atoms with van der Waals surface area (Å²) in [5.41, 5.74) is 0.688. The molecule has 0 atom stereocenters. The number of hydrogen-bond donors (Lipinski definition) is 2. The molecule has 1 heterocycles. The molecule has 0 aliphatic carbocycles. The maximum Gasteiger partial charge on any atom is 0.255 e. The molecule has 0 aliphatic rings. The Hall–Kier alpha value is -0.810. The molecule has 0 unspecified atom stereocenters. The summed E-state index contributed by atoms with van der Waals surface area (Å²) in [6, 6.07) is 0. The summed E-state index contributed by atoms with van der Waals surface area (Å²) in [6.07, 6.45) is 2.83. The number of nitrogens with zero attached hydrogens (tertiary/aromatic N) is 1. The molecule has 2 N–H and O–H groups in total. The van der Waals surface area contributed by atoms with E-state index in [0.717, 1.165) is 30.3 Å². The summed E-state index contributed by atoms with van der Waals surface area (Å²) in [4.78, 5) is 18.9. The average Bonchev–Trinajstić information content (AvgIpc) is 2.32. The molecule has 1 aromatic heterocycles. The number of H-pyrrole nitrogens is 1. The third-order valence-electron chi connectivity index (χ3n) is 2.38. The lowest BCUT2D eigenvalue weighted by molar-refractivity contribution is 0.550. The Bertz CT molecular complexity index is 403. The summed E-state index contributed by atoms with van der Waals surface area (Å²) >= 11 is 1.79. The van der Waals surface area contributed by atoms with Crippen molar-refractivity contribution in [2.75, 3.05) is 12.3 Å². The van der Waals surface area contributed by atoms with Gasteiger partial charge in [-0.15, -0.1) is 0 Å². The molecule has 1 rings (SSSR count). The average molecular weight is 269 g/mol. The molecule has 0 fully saturated rings. The van der Waals surface area contributed by atoms with E-state index in [2.05, 4.69) is 36.1 Å². The Labute approximate surface area is 113 Å². The van der Waals surface area contributed by atoms with Crippen molar-refractivity contribution in [3.05, 3.63) is 27.9 Å². The normalized spacial score (nSPS) is 11.1. The first kappa shape index (κ1) is 15.2. The van der Waals surface area contributed by atoms with E-state index in [0.29, 0.717) is 18.0 Å². The van der Waals surface area contributed by atoms with E-state index in [9.17, 15) is 4.79 Å². The molecule has 1 aromatic rings. The zero-order chi connectivity index (χ0) is 13.4. The molecule has 0 aromatic carbocycles. The molecule has 0 radical (unpaired) electrons. The second kappa shape index (κ2) is 8.32. The molecular formula is C13H23N3OS. The Morgan fingerprint density at radius 2 is 2.28 bits per heavy atom. The lowest BCUT2D eigenvalue weighted by Gasteiger charge is -2.07. The number of nitrogens with one attached hydrogen (secondary N) is 2. The first-order chi connectivity index (χ1) is 8.63. The number of rotatable bonds is 8. The van der Waals surface area contributed by atoms with E-state index in [1.54, 1.807) is 18.0 Å². The Kier molecular flexibility index (Phi) is 7.05. The highest BCUT2D eigenvalue weighted by Crippen LogP contribution is 2.07. The fourth-order valence-electron chi connectivity index (χ4n) is 1.47. The lowest BCUT2D eigenvalue weighted by atomic mass is 10.2. The van der Waals surface area contributed by atoms with Gasteiger partial charge >= 0.3 is 0 Å². The van der Waals surface area contributed by atoms with Crippen LogP contribution in [0.1, 0.15) is 38.6 Å². The summed E-state index contributed by atoms with van der Waals surface area (Å²) < 4.78 is 0. The molecule has 0 aliphatic heterocycles. The Morgan fingerprint density at radius 3 is 2.89 bits per heavy atom. The minimum absolute atomic E-state index is 0.0200. The molecule has 0 spiro atoms. The zero-order valence-electron chi connectivity index (χ0n) is 11.5. The van der Waals surface area contributed by atoms with Gasteiger partial charge in [-0.2, -0.15) is 11.8 Å². The largest absolute Gasteiger partial charge is 0.312 e. The van der Waals surface area contributed by atoms with Gasteiger partial charge in [0.05, 0.1) is 5.75 Å². The van der Waals surface area contributed by atoms with Gasteiger partial charge in [0.25, 0.3) is 5.56 Å². The van der Waals surface area contributed by atoms with E-state index < -0.39 is 0 Å². The fraction of sp³-hybridized carbons (Fsp3) is 0.692. The van der Waals surface area contributed by atoms with Gasteiger partial charge in [-0.1, -0.05) is 20.8 Å². The van der Waals surface area contributed by atoms with Gasteiger partial charge in [0.15, 0.2) is 0 Å². The van der Waals surface area contributed by atoms with Gasteiger partial charge in [0.2, 0.25) is 0 Å². The molecule has 4 nitrogen and oxygen atoms in total. The van der Waals surface area contributed by atoms with Crippen LogP contribution in [0, 0.1) is 5.92 Å². The zero-order valence-corrected chi connectivity index (χ0v) is 12.3. The van der Waals surface area contributed by atoms with Gasteiger partial charge in [-0.3, -0.25) is 4.79 Å². The van der Waals surface area contributed by atoms with Gasteiger partial charge in [-0.25, -0.2) is 4.98 Å². The predicted octanol–water partition coefficient (Wildman–Crippen LogP) is 2.16. The van der Waals surface area contributed by atoms with Crippen LogP contribution >= 0.6 is 11.8 Å². The van der Waals surface area contributed by atoms with Gasteiger partial charge in [0.1, 0.15) is 5.82 Å². The summed E-state index contributed by atoms with van der Waals surface area (Å²) in [7, 11) is 0. The van der Waals surface area contributed by atoms with E-state index >= 15 is 0 Å². The number of aromatic nitrogens is 2. The van der Waals surface area contributed by atoms with Crippen molar-refractivity contribution >= 4 is 11.8 Å². The second-order valence-corrected chi connectivity index (χ2v) is 5.87. The smallest absolute Gasteiger partial charge is 0.255 e. The molecule has 0 amide bonds. The van der Waals surface area contributed by atoms with Crippen LogP contribution in [0.4, 0.5) is 0 Å². The summed E-state index contributed by atoms with van der Waals surface area (Å²) in [5, 5.41) is 3.25. The van der Waals surface area contributed by atoms with E-state index in [4.69, 9.17) is 0 Å². The van der Waals surface area contributed by atoms with Gasteiger partial charge in [-0.05, 0) is 24.6 Å². The van der Waals surface area contributed by atoms with Crippen LogP contribution in [-0.2, 0) is 12.3 Å². The molecule has 18 heavy (non-hydrogen) atoms. The van der Waals surface area contributed by atoms with Crippen LogP contribution in [0.15, 0.2) is 11.0 Å². The van der Waals surface area contributed by atoms with Crippen LogP contribution in [-0.4, -0.2) is 22.3 Å².